The maximum atomic E-state index is 14.0. The molecule has 112 valence electrons. The Bertz CT molecular complexity index is 615. The van der Waals surface area contributed by atoms with Gasteiger partial charge in [0.15, 0.2) is 0 Å². The van der Waals surface area contributed by atoms with Crippen LogP contribution < -0.4 is 10.1 Å². The summed E-state index contributed by atoms with van der Waals surface area (Å²) in [6.45, 7) is 3.77. The first-order chi connectivity index (χ1) is 10.0. The van der Waals surface area contributed by atoms with Gasteiger partial charge >= 0.3 is 0 Å². The molecule has 0 aliphatic rings. The van der Waals surface area contributed by atoms with Crippen molar-refractivity contribution in [2.24, 2.45) is 0 Å². The van der Waals surface area contributed by atoms with Gasteiger partial charge in [0, 0.05) is 17.6 Å². The molecule has 0 fully saturated rings. The van der Waals surface area contributed by atoms with Crippen LogP contribution in [0.1, 0.15) is 37.1 Å². The van der Waals surface area contributed by atoms with E-state index < -0.39 is 0 Å². The molecule has 0 aliphatic carbocycles. The van der Waals surface area contributed by atoms with Crippen molar-refractivity contribution >= 4 is 0 Å². The Morgan fingerprint density at radius 3 is 2.38 bits per heavy atom. The lowest BCUT2D eigenvalue weighted by molar-refractivity contribution is 0.387. The highest BCUT2D eigenvalue weighted by Crippen LogP contribution is 2.29. The van der Waals surface area contributed by atoms with E-state index in [1.165, 1.54) is 25.3 Å². The lowest BCUT2D eigenvalue weighted by Gasteiger charge is -2.22. The smallest absolute Gasteiger partial charge is 0.131 e. The zero-order valence-corrected chi connectivity index (χ0v) is 12.4. The Balaban J connectivity index is 2.20. The number of halogens is 2. The van der Waals surface area contributed by atoms with Crippen molar-refractivity contribution in [1.29, 1.82) is 0 Å². The zero-order valence-electron chi connectivity index (χ0n) is 12.4. The van der Waals surface area contributed by atoms with E-state index in [1.807, 2.05) is 19.9 Å². The molecule has 0 amide bonds. The fraction of sp³-hybridized carbons (Fsp3) is 0.294. The highest BCUT2D eigenvalue weighted by atomic mass is 19.1. The number of benzene rings is 2. The minimum absolute atomic E-state index is 0.111. The minimum Gasteiger partial charge on any atom is -0.496 e. The van der Waals surface area contributed by atoms with Crippen LogP contribution in [0.3, 0.4) is 0 Å². The van der Waals surface area contributed by atoms with E-state index in [4.69, 9.17) is 4.74 Å². The van der Waals surface area contributed by atoms with Crippen LogP contribution in [0, 0.1) is 11.6 Å². The van der Waals surface area contributed by atoms with Gasteiger partial charge < -0.3 is 10.1 Å². The summed E-state index contributed by atoms with van der Waals surface area (Å²) in [5.41, 5.74) is 1.29. The summed E-state index contributed by atoms with van der Waals surface area (Å²) in [6, 6.07) is 10.7. The fourth-order valence-corrected chi connectivity index (χ4v) is 2.45. The SMILES string of the molecule is COc1cccc(F)c1C(C)N[C@H](C)c1cccc(F)c1. The van der Waals surface area contributed by atoms with Crippen LogP contribution in [0.2, 0.25) is 0 Å². The quantitative estimate of drug-likeness (QED) is 0.882. The molecule has 4 heteroatoms. The molecule has 2 aromatic carbocycles. The predicted octanol–water partition coefficient (Wildman–Crippen LogP) is 4.39. The van der Waals surface area contributed by atoms with Gasteiger partial charge in [-0.05, 0) is 43.7 Å². The number of methoxy groups -OCH3 is 1. The number of nitrogens with one attached hydrogen (secondary N) is 1. The third kappa shape index (κ3) is 3.58. The van der Waals surface area contributed by atoms with Crippen molar-refractivity contribution in [3.8, 4) is 5.75 Å². The zero-order chi connectivity index (χ0) is 15.4. The summed E-state index contributed by atoms with van der Waals surface area (Å²) in [5.74, 6) is -0.0977. The van der Waals surface area contributed by atoms with Crippen LogP contribution >= 0.6 is 0 Å². The Hall–Kier alpha value is -1.94. The van der Waals surface area contributed by atoms with Gasteiger partial charge in [-0.2, -0.15) is 0 Å². The van der Waals surface area contributed by atoms with Crippen molar-refractivity contribution in [1.82, 2.24) is 5.32 Å². The van der Waals surface area contributed by atoms with Crippen LogP contribution in [-0.4, -0.2) is 7.11 Å². The first kappa shape index (κ1) is 15.4. The van der Waals surface area contributed by atoms with Gasteiger partial charge in [0.2, 0.25) is 0 Å². The van der Waals surface area contributed by atoms with E-state index >= 15 is 0 Å². The molecule has 2 rings (SSSR count). The Morgan fingerprint density at radius 1 is 1.00 bits per heavy atom. The topological polar surface area (TPSA) is 21.3 Å². The van der Waals surface area contributed by atoms with E-state index in [1.54, 1.807) is 18.2 Å². The molecule has 0 spiro atoms. The molecule has 0 saturated carbocycles. The first-order valence-electron chi connectivity index (χ1n) is 6.87. The van der Waals surface area contributed by atoms with Crippen LogP contribution in [-0.2, 0) is 0 Å². The van der Waals surface area contributed by atoms with Crippen LogP contribution in [0.15, 0.2) is 42.5 Å². The van der Waals surface area contributed by atoms with Crippen molar-refractivity contribution < 1.29 is 13.5 Å². The molecule has 0 aromatic heterocycles. The van der Waals surface area contributed by atoms with E-state index in [0.717, 1.165) is 5.56 Å². The average Bonchev–Trinajstić information content (AvgIpc) is 2.46. The van der Waals surface area contributed by atoms with Gasteiger partial charge in [-0.15, -0.1) is 0 Å². The summed E-state index contributed by atoms with van der Waals surface area (Å²) in [4.78, 5) is 0. The van der Waals surface area contributed by atoms with E-state index in [0.29, 0.717) is 11.3 Å². The van der Waals surface area contributed by atoms with Gasteiger partial charge in [0.25, 0.3) is 0 Å². The number of hydrogen-bond acceptors (Lipinski definition) is 2. The number of ether oxygens (including phenoxy) is 1. The molecule has 2 nitrogen and oxygen atoms in total. The Morgan fingerprint density at radius 2 is 1.71 bits per heavy atom. The molecule has 0 bridgehead atoms. The average molecular weight is 291 g/mol. The molecule has 0 heterocycles. The van der Waals surface area contributed by atoms with Crippen LogP contribution in [0.5, 0.6) is 5.75 Å². The number of hydrogen-bond donors (Lipinski definition) is 1. The summed E-state index contributed by atoms with van der Waals surface area (Å²) >= 11 is 0. The molecule has 0 saturated heterocycles. The number of rotatable bonds is 5. The van der Waals surface area contributed by atoms with Crippen molar-refractivity contribution in [2.45, 2.75) is 25.9 Å². The first-order valence-corrected chi connectivity index (χ1v) is 6.87. The van der Waals surface area contributed by atoms with Crippen LogP contribution in [0.4, 0.5) is 8.78 Å². The van der Waals surface area contributed by atoms with Gasteiger partial charge in [-0.25, -0.2) is 8.78 Å². The predicted molar refractivity (Wildman–Crippen MR) is 79.3 cm³/mol. The summed E-state index contributed by atoms with van der Waals surface area (Å²) in [7, 11) is 1.51. The molecule has 0 aliphatic heterocycles. The monoisotopic (exact) mass is 291 g/mol. The Labute approximate surface area is 123 Å². The third-order valence-electron chi connectivity index (χ3n) is 3.51. The van der Waals surface area contributed by atoms with Gasteiger partial charge in [-0.1, -0.05) is 18.2 Å². The second-order valence-electron chi connectivity index (χ2n) is 5.02. The third-order valence-corrected chi connectivity index (χ3v) is 3.51. The second kappa shape index (κ2) is 6.68. The van der Waals surface area contributed by atoms with E-state index in [9.17, 15) is 8.78 Å². The maximum Gasteiger partial charge on any atom is 0.131 e. The molecule has 2 aromatic rings. The van der Waals surface area contributed by atoms with Crippen LogP contribution in [0.25, 0.3) is 0 Å². The Kier molecular flexibility index (Phi) is 4.91. The highest BCUT2D eigenvalue weighted by Gasteiger charge is 2.18. The van der Waals surface area contributed by atoms with Crippen molar-refractivity contribution in [3.63, 3.8) is 0 Å². The van der Waals surface area contributed by atoms with Gasteiger partial charge in [0.05, 0.1) is 7.11 Å². The van der Waals surface area contributed by atoms with Crippen molar-refractivity contribution in [3.05, 3.63) is 65.2 Å². The molecule has 1 unspecified atom stereocenters. The summed E-state index contributed by atoms with van der Waals surface area (Å²) < 4.78 is 32.5. The minimum atomic E-state index is -0.319. The maximum absolute atomic E-state index is 14.0. The second-order valence-corrected chi connectivity index (χ2v) is 5.02. The normalized spacial score (nSPS) is 13.8. The van der Waals surface area contributed by atoms with Gasteiger partial charge in [-0.3, -0.25) is 0 Å². The molecular weight excluding hydrogens is 272 g/mol. The highest BCUT2D eigenvalue weighted by molar-refractivity contribution is 5.37. The van der Waals surface area contributed by atoms with E-state index in [2.05, 4.69) is 5.32 Å². The molecule has 21 heavy (non-hydrogen) atoms. The molecule has 0 radical (unpaired) electrons. The summed E-state index contributed by atoms with van der Waals surface area (Å²) in [5, 5.41) is 3.27. The molecule has 1 N–H and O–H groups in total. The lowest BCUT2D eigenvalue weighted by Crippen LogP contribution is -2.23. The fourth-order valence-electron chi connectivity index (χ4n) is 2.45. The summed E-state index contributed by atoms with van der Waals surface area (Å²) in [6.07, 6.45) is 0. The lowest BCUT2D eigenvalue weighted by atomic mass is 10.0. The van der Waals surface area contributed by atoms with E-state index in [-0.39, 0.29) is 23.7 Å². The molecule has 2 atom stereocenters. The molecular formula is C17H19F2NO. The standard InChI is InChI=1S/C17H19F2NO/c1-11(13-6-4-7-14(18)10-13)20-12(2)17-15(19)8-5-9-16(17)21-3/h4-12,20H,1-3H3/t11-,12?/m1/s1. The van der Waals surface area contributed by atoms with Crippen molar-refractivity contribution in [2.75, 3.05) is 7.11 Å². The largest absolute Gasteiger partial charge is 0.496 e. The van der Waals surface area contributed by atoms with Gasteiger partial charge in [0.1, 0.15) is 17.4 Å².